The SMILES string of the molecule is CO/N=C(\C(=O)NC1C(=O)N2C(C(=O)O)=C(C[N+]3(C)CCC[C@H]3C(N)=O)CS[C@@H]12)c1csc(N)n1. The van der Waals surface area contributed by atoms with Gasteiger partial charge in [0.05, 0.1) is 13.6 Å². The average Bonchev–Trinajstić information content (AvgIpc) is 3.40. The number of amides is 3. The lowest BCUT2D eigenvalue weighted by atomic mass is 10.0. The number of aromatic nitrogens is 1. The fraction of sp³-hybridized carbons (Fsp3) is 0.500. The molecule has 2 saturated heterocycles. The molecule has 13 nitrogen and oxygen atoms in total. The first-order valence-electron chi connectivity index (χ1n) is 10.7. The number of quaternary nitrogens is 1. The lowest BCUT2D eigenvalue weighted by Gasteiger charge is -2.50. The van der Waals surface area contributed by atoms with E-state index >= 15 is 0 Å². The number of carboxylic acids is 1. The van der Waals surface area contributed by atoms with Gasteiger partial charge in [0.1, 0.15) is 36.5 Å². The van der Waals surface area contributed by atoms with Crippen LogP contribution >= 0.6 is 23.1 Å². The second-order valence-electron chi connectivity index (χ2n) is 8.73. The molecular formula is C20H26N7O6S2+. The largest absolute Gasteiger partial charge is 0.477 e. The van der Waals surface area contributed by atoms with Gasteiger partial charge in [-0.15, -0.1) is 23.1 Å². The highest BCUT2D eigenvalue weighted by Crippen LogP contribution is 2.41. The maximum absolute atomic E-state index is 13.0. The summed E-state index contributed by atoms with van der Waals surface area (Å²) < 4.78 is 0.308. The zero-order valence-electron chi connectivity index (χ0n) is 19.1. The van der Waals surface area contributed by atoms with Gasteiger partial charge < -0.3 is 31.2 Å². The first kappa shape index (κ1) is 24.9. The first-order chi connectivity index (χ1) is 16.6. The summed E-state index contributed by atoms with van der Waals surface area (Å²) >= 11 is 2.47. The number of carboxylic acid groups (broad SMARTS) is 1. The van der Waals surface area contributed by atoms with E-state index in [0.29, 0.717) is 35.3 Å². The van der Waals surface area contributed by atoms with Gasteiger partial charge in [0.2, 0.25) is 0 Å². The number of anilines is 1. The van der Waals surface area contributed by atoms with Crippen LogP contribution in [-0.4, -0.2) is 99.3 Å². The summed E-state index contributed by atoms with van der Waals surface area (Å²) in [6, 6.07) is -1.35. The summed E-state index contributed by atoms with van der Waals surface area (Å²) in [7, 11) is 3.16. The molecule has 3 aliphatic rings. The highest BCUT2D eigenvalue weighted by molar-refractivity contribution is 8.00. The molecule has 188 valence electrons. The number of nitrogens with zero attached hydrogens (tertiary/aromatic N) is 4. The molecule has 35 heavy (non-hydrogen) atoms. The molecule has 15 heteroatoms. The molecule has 4 atom stereocenters. The van der Waals surface area contributed by atoms with Crippen molar-refractivity contribution in [3.8, 4) is 0 Å². The molecule has 4 rings (SSSR count). The minimum absolute atomic E-state index is 0.100. The van der Waals surface area contributed by atoms with E-state index in [1.54, 1.807) is 0 Å². The summed E-state index contributed by atoms with van der Waals surface area (Å²) in [5.74, 6) is -2.55. The van der Waals surface area contributed by atoms with Crippen molar-refractivity contribution in [2.75, 3.05) is 38.7 Å². The van der Waals surface area contributed by atoms with E-state index in [2.05, 4.69) is 15.5 Å². The number of hydrogen-bond donors (Lipinski definition) is 4. The second kappa shape index (κ2) is 9.47. The van der Waals surface area contributed by atoms with Gasteiger partial charge in [0.25, 0.3) is 17.7 Å². The Morgan fingerprint density at radius 2 is 2.17 bits per heavy atom. The topological polar surface area (TPSA) is 190 Å². The fourth-order valence-electron chi connectivity index (χ4n) is 4.89. The molecular weight excluding hydrogens is 498 g/mol. The number of carbonyl (C=O) groups excluding carboxylic acids is 3. The number of aliphatic carboxylic acids is 1. The number of fused-ring (bicyclic) bond motifs is 1. The van der Waals surface area contributed by atoms with Crippen molar-refractivity contribution in [3.05, 3.63) is 22.3 Å². The van der Waals surface area contributed by atoms with Gasteiger partial charge in [-0.25, -0.2) is 9.78 Å². The average molecular weight is 525 g/mol. The van der Waals surface area contributed by atoms with E-state index in [1.807, 2.05) is 7.05 Å². The third kappa shape index (κ3) is 4.46. The van der Waals surface area contributed by atoms with Gasteiger partial charge in [-0.1, -0.05) is 5.16 Å². The van der Waals surface area contributed by atoms with Crippen LogP contribution in [-0.2, 0) is 24.0 Å². The number of nitrogens with two attached hydrogens (primary N) is 2. The molecule has 0 saturated carbocycles. The molecule has 0 aromatic carbocycles. The van der Waals surface area contributed by atoms with Crippen LogP contribution in [0.25, 0.3) is 0 Å². The van der Waals surface area contributed by atoms with Crippen molar-refractivity contribution in [1.29, 1.82) is 0 Å². The Hall–Kier alpha value is -3.17. The number of thioether (sulfide) groups is 1. The number of carbonyl (C=O) groups is 4. The molecule has 3 aliphatic heterocycles. The Morgan fingerprint density at radius 3 is 2.77 bits per heavy atom. The van der Waals surface area contributed by atoms with Crippen molar-refractivity contribution in [2.45, 2.75) is 30.3 Å². The Bertz CT molecular complexity index is 1150. The number of likely N-dealkylation sites (tertiary alicyclic amines) is 1. The number of primary amides is 1. The number of β-lactam (4-membered cyclic amide) rings is 1. The van der Waals surface area contributed by atoms with Crippen LogP contribution in [0.3, 0.4) is 0 Å². The number of nitrogens with one attached hydrogen (secondary N) is 1. The zero-order valence-corrected chi connectivity index (χ0v) is 20.7. The zero-order chi connectivity index (χ0) is 25.5. The van der Waals surface area contributed by atoms with Crippen molar-refractivity contribution in [3.63, 3.8) is 0 Å². The van der Waals surface area contributed by atoms with E-state index in [4.69, 9.17) is 16.3 Å². The molecule has 0 bridgehead atoms. The van der Waals surface area contributed by atoms with E-state index in [9.17, 15) is 24.3 Å². The second-order valence-corrected chi connectivity index (χ2v) is 10.7. The number of likely N-dealkylation sites (N-methyl/N-ethyl adjacent to an activating group) is 1. The van der Waals surface area contributed by atoms with Crippen LogP contribution in [0.4, 0.5) is 5.13 Å². The van der Waals surface area contributed by atoms with Gasteiger partial charge in [0.15, 0.2) is 16.9 Å². The number of hydrogen-bond acceptors (Lipinski definition) is 10. The number of oxime groups is 1. The van der Waals surface area contributed by atoms with Crippen molar-refractivity contribution < 1.29 is 33.6 Å². The van der Waals surface area contributed by atoms with Gasteiger partial charge in [-0.05, 0) is 0 Å². The molecule has 6 N–H and O–H groups in total. The van der Waals surface area contributed by atoms with Crippen molar-refractivity contribution in [1.82, 2.24) is 15.2 Å². The smallest absolute Gasteiger partial charge is 0.352 e. The van der Waals surface area contributed by atoms with Crippen LogP contribution in [0.1, 0.15) is 18.5 Å². The van der Waals surface area contributed by atoms with Crippen LogP contribution < -0.4 is 16.8 Å². The van der Waals surface area contributed by atoms with E-state index in [1.165, 1.54) is 29.2 Å². The molecule has 0 radical (unpaired) electrons. The lowest BCUT2D eigenvalue weighted by molar-refractivity contribution is -0.907. The van der Waals surface area contributed by atoms with E-state index in [-0.39, 0.29) is 22.2 Å². The number of thiazole rings is 1. The summed E-state index contributed by atoms with van der Waals surface area (Å²) in [4.78, 5) is 60.0. The molecule has 3 amide bonds. The van der Waals surface area contributed by atoms with Crippen LogP contribution in [0.5, 0.6) is 0 Å². The number of nitrogen functional groups attached to an aromatic ring is 1. The molecule has 1 aromatic heterocycles. The minimum Gasteiger partial charge on any atom is -0.477 e. The third-order valence-electron chi connectivity index (χ3n) is 6.48. The molecule has 2 fully saturated rings. The van der Waals surface area contributed by atoms with Crippen molar-refractivity contribution >= 4 is 57.6 Å². The minimum atomic E-state index is -1.23. The summed E-state index contributed by atoms with van der Waals surface area (Å²) in [5.41, 5.74) is 11.7. The van der Waals surface area contributed by atoms with Crippen LogP contribution in [0.15, 0.2) is 21.8 Å². The fourth-order valence-corrected chi connectivity index (χ4v) is 6.78. The highest BCUT2D eigenvalue weighted by atomic mass is 32.2. The summed E-state index contributed by atoms with van der Waals surface area (Å²) in [6.45, 7) is 0.985. The van der Waals surface area contributed by atoms with Crippen LogP contribution in [0.2, 0.25) is 0 Å². The van der Waals surface area contributed by atoms with Gasteiger partial charge in [-0.2, -0.15) is 0 Å². The van der Waals surface area contributed by atoms with Gasteiger partial charge in [0, 0.05) is 29.5 Å². The molecule has 4 heterocycles. The maximum atomic E-state index is 13.0. The Kier molecular flexibility index (Phi) is 6.75. The predicted octanol–water partition coefficient (Wildman–Crippen LogP) is -1.09. The van der Waals surface area contributed by atoms with Gasteiger partial charge >= 0.3 is 5.97 Å². The first-order valence-corrected chi connectivity index (χ1v) is 12.7. The monoisotopic (exact) mass is 524 g/mol. The van der Waals surface area contributed by atoms with E-state index in [0.717, 1.165) is 17.8 Å². The quantitative estimate of drug-likeness (QED) is 0.142. The molecule has 0 aliphatic carbocycles. The summed E-state index contributed by atoms with van der Waals surface area (Å²) in [6.07, 6.45) is 1.45. The molecule has 2 unspecified atom stereocenters. The predicted molar refractivity (Wildman–Crippen MR) is 128 cm³/mol. The maximum Gasteiger partial charge on any atom is 0.352 e. The van der Waals surface area contributed by atoms with E-state index < -0.39 is 41.1 Å². The number of rotatable bonds is 8. The Morgan fingerprint density at radius 1 is 1.43 bits per heavy atom. The highest BCUT2D eigenvalue weighted by Gasteiger charge is 2.55. The van der Waals surface area contributed by atoms with Gasteiger partial charge in [-0.3, -0.25) is 19.3 Å². The molecule has 1 aromatic rings. The van der Waals surface area contributed by atoms with Crippen molar-refractivity contribution in [2.24, 2.45) is 10.9 Å². The Balaban J connectivity index is 1.54. The lowest BCUT2D eigenvalue weighted by Crippen LogP contribution is -2.71. The normalized spacial score (nSPS) is 28.4. The summed E-state index contributed by atoms with van der Waals surface area (Å²) in [5, 5.41) is 17.5. The third-order valence-corrected chi connectivity index (χ3v) is 8.49. The molecule has 0 spiro atoms. The standard InChI is InChI=1S/C20H25N7O6S2/c1-27(5-3-4-11(27)15(21)28)6-9-7-34-18-13(17(30)26(18)14(9)19(31)32)24-16(29)12(25-33-2)10-8-35-20(22)23-10/h8,11,13,18H,3-7H2,1-2H3,(H5-,21,22,23,24,28,29,31,32)/p+1/b25-12-/t11-,13?,18-,27?/m0/s1. The van der Waals surface area contributed by atoms with Crippen LogP contribution in [0, 0.1) is 0 Å². The Labute approximate surface area is 208 Å².